The van der Waals surface area contributed by atoms with Crippen molar-refractivity contribution in [1.29, 1.82) is 0 Å². The lowest BCUT2D eigenvalue weighted by Gasteiger charge is -2.32. The van der Waals surface area contributed by atoms with Crippen LogP contribution in [0.3, 0.4) is 0 Å². The number of phenolic OH excluding ortho intramolecular Hbond substituents is 1. The van der Waals surface area contributed by atoms with E-state index >= 15 is 0 Å². The van der Waals surface area contributed by atoms with Gasteiger partial charge in [-0.25, -0.2) is 19.3 Å². The van der Waals surface area contributed by atoms with Crippen molar-refractivity contribution >= 4 is 17.1 Å². The number of nitrogens with zero attached hydrogens (tertiary/aromatic N) is 5. The van der Waals surface area contributed by atoms with E-state index in [1.807, 2.05) is 22.8 Å². The van der Waals surface area contributed by atoms with Crippen molar-refractivity contribution in [3.63, 3.8) is 0 Å². The zero-order chi connectivity index (χ0) is 22.6. The van der Waals surface area contributed by atoms with Gasteiger partial charge in [-0.05, 0) is 48.6 Å². The standard InChI is InChI=1S/C25H27FN6O/c26-20-7-5-18(6-8-20)16-32-24-22(15-27-17-28-24)30-25(32)29-21-10-13-31(14-11-21)12-9-19-3-1-2-4-23(19)33/h1-8,15,17,21,33H,9-14,16H2,(H,29,30). The predicted molar refractivity (Wildman–Crippen MR) is 126 cm³/mol. The Balaban J connectivity index is 1.24. The number of halogens is 1. The Morgan fingerprint density at radius 1 is 1.06 bits per heavy atom. The van der Waals surface area contributed by atoms with Gasteiger partial charge in [-0.15, -0.1) is 0 Å². The maximum atomic E-state index is 13.3. The Morgan fingerprint density at radius 2 is 1.85 bits per heavy atom. The molecule has 1 aliphatic heterocycles. The van der Waals surface area contributed by atoms with Crippen molar-refractivity contribution in [3.8, 4) is 5.75 Å². The number of aromatic hydroxyl groups is 1. The SMILES string of the molecule is Oc1ccccc1CCN1CCC(Nc2nc3cncnc3n2Cc2ccc(F)cc2)CC1. The van der Waals surface area contributed by atoms with Crippen molar-refractivity contribution in [1.82, 2.24) is 24.4 Å². The van der Waals surface area contributed by atoms with Crippen LogP contribution in [0.25, 0.3) is 11.2 Å². The fraction of sp³-hybridized carbons (Fsp3) is 0.320. The highest BCUT2D eigenvalue weighted by atomic mass is 19.1. The molecule has 0 spiro atoms. The Hall–Kier alpha value is -3.52. The monoisotopic (exact) mass is 446 g/mol. The molecule has 1 saturated heterocycles. The normalized spacial score (nSPS) is 15.2. The van der Waals surface area contributed by atoms with E-state index in [-0.39, 0.29) is 5.82 Å². The van der Waals surface area contributed by atoms with Crippen LogP contribution in [-0.4, -0.2) is 55.2 Å². The molecule has 0 amide bonds. The average Bonchev–Trinajstić information content (AvgIpc) is 3.18. The van der Waals surface area contributed by atoms with Crippen LogP contribution in [0.1, 0.15) is 24.0 Å². The zero-order valence-electron chi connectivity index (χ0n) is 18.4. The van der Waals surface area contributed by atoms with Crippen LogP contribution in [0.2, 0.25) is 0 Å². The highest BCUT2D eigenvalue weighted by Crippen LogP contribution is 2.23. The molecule has 0 atom stereocenters. The van der Waals surface area contributed by atoms with Gasteiger partial charge in [-0.3, -0.25) is 4.57 Å². The summed E-state index contributed by atoms with van der Waals surface area (Å²) in [6.45, 7) is 3.46. The zero-order valence-corrected chi connectivity index (χ0v) is 18.4. The number of phenols is 1. The lowest BCUT2D eigenvalue weighted by atomic mass is 10.0. The molecule has 2 aromatic heterocycles. The van der Waals surface area contributed by atoms with Crippen LogP contribution in [0.5, 0.6) is 5.75 Å². The van der Waals surface area contributed by atoms with E-state index in [0.29, 0.717) is 18.3 Å². The summed E-state index contributed by atoms with van der Waals surface area (Å²) in [5.41, 5.74) is 3.48. The molecule has 2 aromatic carbocycles. The number of hydrogen-bond donors (Lipinski definition) is 2. The second-order valence-electron chi connectivity index (χ2n) is 8.52. The van der Waals surface area contributed by atoms with E-state index in [4.69, 9.17) is 4.98 Å². The second kappa shape index (κ2) is 9.54. The average molecular weight is 447 g/mol. The molecule has 0 radical (unpaired) electrons. The molecule has 1 fully saturated rings. The van der Waals surface area contributed by atoms with Crippen molar-refractivity contribution in [2.45, 2.75) is 31.8 Å². The van der Waals surface area contributed by atoms with Gasteiger partial charge in [0.2, 0.25) is 5.95 Å². The molecule has 4 aromatic rings. The summed E-state index contributed by atoms with van der Waals surface area (Å²) < 4.78 is 15.4. The molecule has 2 N–H and O–H groups in total. The van der Waals surface area contributed by atoms with Crippen LogP contribution < -0.4 is 5.32 Å². The molecule has 0 aliphatic carbocycles. The summed E-state index contributed by atoms with van der Waals surface area (Å²) in [5, 5.41) is 13.6. The topological polar surface area (TPSA) is 79.1 Å². The Bertz CT molecular complexity index is 1220. The maximum Gasteiger partial charge on any atom is 0.205 e. The molecule has 0 saturated carbocycles. The first kappa shape index (κ1) is 21.3. The minimum atomic E-state index is -0.246. The third-order valence-electron chi connectivity index (χ3n) is 6.27. The molecule has 8 heteroatoms. The quantitative estimate of drug-likeness (QED) is 0.449. The van der Waals surface area contributed by atoms with Crippen molar-refractivity contribution in [2.75, 3.05) is 25.0 Å². The minimum Gasteiger partial charge on any atom is -0.508 e. The predicted octanol–water partition coefficient (Wildman–Crippen LogP) is 3.84. The number of aromatic nitrogens is 4. The van der Waals surface area contributed by atoms with E-state index in [1.165, 1.54) is 18.5 Å². The van der Waals surface area contributed by atoms with Crippen molar-refractivity contribution in [3.05, 3.63) is 78.0 Å². The number of anilines is 1. The molecule has 0 bridgehead atoms. The Labute approximate surface area is 191 Å². The number of rotatable bonds is 7. The summed E-state index contributed by atoms with van der Waals surface area (Å²) >= 11 is 0. The maximum absolute atomic E-state index is 13.3. The van der Waals surface area contributed by atoms with Gasteiger partial charge in [-0.1, -0.05) is 30.3 Å². The van der Waals surface area contributed by atoms with E-state index < -0.39 is 0 Å². The third-order valence-corrected chi connectivity index (χ3v) is 6.27. The molecule has 1 aliphatic rings. The minimum absolute atomic E-state index is 0.246. The van der Waals surface area contributed by atoms with Crippen molar-refractivity contribution < 1.29 is 9.50 Å². The number of likely N-dealkylation sites (tertiary alicyclic amines) is 1. The number of benzene rings is 2. The number of hydrogen-bond acceptors (Lipinski definition) is 6. The van der Waals surface area contributed by atoms with E-state index in [2.05, 4.69) is 20.2 Å². The van der Waals surface area contributed by atoms with Gasteiger partial charge in [0.05, 0.1) is 12.7 Å². The molecule has 33 heavy (non-hydrogen) atoms. The molecule has 3 heterocycles. The van der Waals surface area contributed by atoms with Crippen molar-refractivity contribution in [2.24, 2.45) is 0 Å². The Kier molecular flexibility index (Phi) is 6.17. The first-order valence-electron chi connectivity index (χ1n) is 11.3. The van der Waals surface area contributed by atoms with Crippen LogP contribution in [0.15, 0.2) is 61.1 Å². The van der Waals surface area contributed by atoms with Crippen LogP contribution in [-0.2, 0) is 13.0 Å². The molecule has 0 unspecified atom stereocenters. The van der Waals surface area contributed by atoms with Crippen LogP contribution >= 0.6 is 0 Å². The largest absolute Gasteiger partial charge is 0.508 e. The molecule has 7 nitrogen and oxygen atoms in total. The number of para-hydroxylation sites is 1. The summed E-state index contributed by atoms with van der Waals surface area (Å²) in [5.74, 6) is 0.892. The summed E-state index contributed by atoms with van der Waals surface area (Å²) in [6, 6.07) is 14.4. The molecule has 5 rings (SSSR count). The van der Waals surface area contributed by atoms with E-state index in [0.717, 1.165) is 67.1 Å². The fourth-order valence-electron chi connectivity index (χ4n) is 4.39. The lowest BCUT2D eigenvalue weighted by Crippen LogP contribution is -2.40. The van der Waals surface area contributed by atoms with Gasteiger partial charge in [-0.2, -0.15) is 0 Å². The highest BCUT2D eigenvalue weighted by molar-refractivity contribution is 5.73. The second-order valence-corrected chi connectivity index (χ2v) is 8.52. The highest BCUT2D eigenvalue weighted by Gasteiger charge is 2.22. The van der Waals surface area contributed by atoms with E-state index in [9.17, 15) is 9.50 Å². The van der Waals surface area contributed by atoms with Crippen LogP contribution in [0, 0.1) is 5.82 Å². The molecule has 170 valence electrons. The van der Waals surface area contributed by atoms with Crippen LogP contribution in [0.4, 0.5) is 10.3 Å². The third kappa shape index (κ3) is 4.96. The van der Waals surface area contributed by atoms with Gasteiger partial charge in [0.25, 0.3) is 0 Å². The van der Waals surface area contributed by atoms with Gasteiger partial charge >= 0.3 is 0 Å². The van der Waals surface area contributed by atoms with Gasteiger partial charge in [0, 0.05) is 25.7 Å². The molecular weight excluding hydrogens is 419 g/mol. The Morgan fingerprint density at radius 3 is 2.64 bits per heavy atom. The summed E-state index contributed by atoms with van der Waals surface area (Å²) in [6.07, 6.45) is 6.10. The van der Waals surface area contributed by atoms with Gasteiger partial charge in [0.15, 0.2) is 5.65 Å². The van der Waals surface area contributed by atoms with Gasteiger partial charge in [0.1, 0.15) is 23.4 Å². The number of fused-ring (bicyclic) bond motifs is 1. The summed E-state index contributed by atoms with van der Waals surface area (Å²) in [4.78, 5) is 15.7. The first-order chi connectivity index (χ1) is 16.2. The van der Waals surface area contributed by atoms with E-state index in [1.54, 1.807) is 24.4 Å². The number of piperidine rings is 1. The lowest BCUT2D eigenvalue weighted by molar-refractivity contribution is 0.220. The first-order valence-corrected chi connectivity index (χ1v) is 11.3. The molecular formula is C25H27FN6O. The van der Waals surface area contributed by atoms with Gasteiger partial charge < -0.3 is 15.3 Å². The smallest absolute Gasteiger partial charge is 0.205 e. The summed E-state index contributed by atoms with van der Waals surface area (Å²) in [7, 11) is 0. The number of nitrogens with one attached hydrogen (secondary N) is 1. The number of imidazole rings is 1. The fourth-order valence-corrected chi connectivity index (χ4v) is 4.39.